The first-order valence-electron chi connectivity index (χ1n) is 5.51. The molecule has 18 heavy (non-hydrogen) atoms. The smallest absolute Gasteiger partial charge is 0.486 e. The van der Waals surface area contributed by atoms with E-state index in [0.717, 1.165) is 0 Å². The van der Waals surface area contributed by atoms with Crippen molar-refractivity contribution in [2.24, 2.45) is 5.73 Å². The Kier molecular flexibility index (Phi) is 3.69. The van der Waals surface area contributed by atoms with E-state index in [0.29, 0.717) is 17.9 Å². The van der Waals surface area contributed by atoms with Crippen molar-refractivity contribution in [3.63, 3.8) is 0 Å². The van der Waals surface area contributed by atoms with Gasteiger partial charge >= 0.3 is 7.12 Å². The van der Waals surface area contributed by atoms with Gasteiger partial charge in [0.1, 0.15) is 17.7 Å². The van der Waals surface area contributed by atoms with Gasteiger partial charge in [-0.05, 0) is 18.2 Å². The predicted molar refractivity (Wildman–Crippen MR) is 66.0 cm³/mol. The van der Waals surface area contributed by atoms with E-state index in [1.165, 1.54) is 18.2 Å². The van der Waals surface area contributed by atoms with Crippen LogP contribution >= 0.6 is 0 Å². The highest BCUT2D eigenvalue weighted by Gasteiger charge is 2.22. The molecule has 2 rings (SSSR count). The Morgan fingerprint density at radius 3 is 2.78 bits per heavy atom. The molecule has 1 unspecified atom stereocenters. The van der Waals surface area contributed by atoms with Crippen molar-refractivity contribution in [3.8, 4) is 5.75 Å². The fraction of sp³-hybridized carbons (Fsp3) is 0.167. The van der Waals surface area contributed by atoms with Gasteiger partial charge in [-0.25, -0.2) is 4.39 Å². The van der Waals surface area contributed by atoms with Crippen molar-refractivity contribution in [3.05, 3.63) is 53.4 Å². The molecule has 1 atom stereocenters. The number of hydrogen-bond acceptors (Lipinski definition) is 4. The molecule has 0 aliphatic heterocycles. The maximum atomic E-state index is 13.0. The highest BCUT2D eigenvalue weighted by Crippen LogP contribution is 2.21. The fourth-order valence-electron chi connectivity index (χ4n) is 1.77. The Labute approximate surface area is 104 Å². The summed E-state index contributed by atoms with van der Waals surface area (Å²) in [5.74, 6) is 0.0349. The van der Waals surface area contributed by atoms with Gasteiger partial charge in [-0.15, -0.1) is 0 Å². The Morgan fingerprint density at radius 2 is 2.17 bits per heavy atom. The van der Waals surface area contributed by atoms with Crippen molar-refractivity contribution < 1.29 is 19.2 Å². The van der Waals surface area contributed by atoms with Crippen LogP contribution in [-0.2, 0) is 0 Å². The third kappa shape index (κ3) is 2.91. The van der Waals surface area contributed by atoms with Crippen molar-refractivity contribution in [2.75, 3.05) is 0 Å². The fourth-order valence-corrected chi connectivity index (χ4v) is 1.77. The second kappa shape index (κ2) is 5.24. The average Bonchev–Trinajstić information content (AvgIpc) is 2.28. The molecule has 4 nitrogen and oxygen atoms in total. The Balaban J connectivity index is 2.05. The number of benzene rings is 1. The van der Waals surface area contributed by atoms with Crippen LogP contribution in [0.5, 0.6) is 5.75 Å². The zero-order valence-electron chi connectivity index (χ0n) is 9.58. The van der Waals surface area contributed by atoms with Crippen molar-refractivity contribution >= 4 is 7.12 Å². The molecule has 1 aromatic rings. The molecule has 4 N–H and O–H groups in total. The molecular formula is C12H13BFNO3. The van der Waals surface area contributed by atoms with Gasteiger partial charge in [-0.3, -0.25) is 0 Å². The monoisotopic (exact) mass is 249 g/mol. The van der Waals surface area contributed by atoms with E-state index in [9.17, 15) is 4.39 Å². The summed E-state index contributed by atoms with van der Waals surface area (Å²) >= 11 is 0. The lowest BCUT2D eigenvalue weighted by Gasteiger charge is -2.21. The van der Waals surface area contributed by atoms with Crippen LogP contribution in [0.15, 0.2) is 47.6 Å². The summed E-state index contributed by atoms with van der Waals surface area (Å²) in [6, 6.07) is 5.81. The number of rotatable bonds is 3. The maximum absolute atomic E-state index is 13.0. The van der Waals surface area contributed by atoms with Gasteiger partial charge < -0.3 is 20.5 Å². The zero-order valence-corrected chi connectivity index (χ0v) is 9.58. The average molecular weight is 249 g/mol. The molecule has 1 aromatic carbocycles. The lowest BCUT2D eigenvalue weighted by Crippen LogP contribution is -2.27. The number of allylic oxidation sites excluding steroid dienone is 2. The van der Waals surface area contributed by atoms with E-state index in [4.69, 9.17) is 20.5 Å². The van der Waals surface area contributed by atoms with Gasteiger partial charge in [0.2, 0.25) is 0 Å². The van der Waals surface area contributed by atoms with Crippen LogP contribution in [0.1, 0.15) is 6.42 Å². The molecule has 1 aliphatic rings. The quantitative estimate of drug-likeness (QED) is 0.691. The van der Waals surface area contributed by atoms with Crippen LogP contribution in [0.4, 0.5) is 4.39 Å². The Morgan fingerprint density at radius 1 is 1.39 bits per heavy atom. The first kappa shape index (κ1) is 12.7. The van der Waals surface area contributed by atoms with E-state index in [-0.39, 0.29) is 17.4 Å². The molecule has 0 saturated carbocycles. The second-order valence-corrected chi connectivity index (χ2v) is 4.03. The van der Waals surface area contributed by atoms with Crippen LogP contribution in [0, 0.1) is 5.82 Å². The zero-order chi connectivity index (χ0) is 13.1. The molecule has 0 amide bonds. The van der Waals surface area contributed by atoms with Crippen molar-refractivity contribution in [1.82, 2.24) is 0 Å². The van der Waals surface area contributed by atoms with Crippen LogP contribution < -0.4 is 10.5 Å². The van der Waals surface area contributed by atoms with E-state index < -0.39 is 7.12 Å². The summed E-state index contributed by atoms with van der Waals surface area (Å²) in [5, 5.41) is 18.1. The van der Waals surface area contributed by atoms with Crippen molar-refractivity contribution in [2.45, 2.75) is 12.5 Å². The van der Waals surface area contributed by atoms with Crippen LogP contribution in [-0.4, -0.2) is 23.3 Å². The first-order chi connectivity index (χ1) is 8.56. The summed E-state index contributed by atoms with van der Waals surface area (Å²) in [6.07, 6.45) is 3.16. The molecule has 0 fully saturated rings. The summed E-state index contributed by atoms with van der Waals surface area (Å²) < 4.78 is 18.5. The summed E-state index contributed by atoms with van der Waals surface area (Å²) in [5.41, 5.74) is 6.34. The molecule has 0 heterocycles. The van der Waals surface area contributed by atoms with Crippen LogP contribution in [0.3, 0.4) is 0 Å². The molecule has 0 aromatic heterocycles. The molecule has 0 saturated heterocycles. The minimum absolute atomic E-state index is 0.272. The van der Waals surface area contributed by atoms with Crippen molar-refractivity contribution in [1.29, 1.82) is 0 Å². The molecule has 0 spiro atoms. The summed E-state index contributed by atoms with van der Waals surface area (Å²) in [4.78, 5) is 0. The number of hydrogen-bond donors (Lipinski definition) is 3. The highest BCUT2D eigenvalue weighted by atomic mass is 19.1. The Hall–Kier alpha value is -1.79. The predicted octanol–water partition coefficient (Wildman–Crippen LogP) is 0.758. The van der Waals surface area contributed by atoms with E-state index in [1.54, 1.807) is 18.2 Å². The molecule has 94 valence electrons. The minimum Gasteiger partial charge on any atom is -0.486 e. The first-order valence-corrected chi connectivity index (χ1v) is 5.51. The maximum Gasteiger partial charge on any atom is 0.490 e. The van der Waals surface area contributed by atoms with Crippen LogP contribution in [0.25, 0.3) is 0 Å². The molecule has 6 heteroatoms. The number of ether oxygens (including phenoxy) is 1. The Bertz CT molecular complexity index is 502. The summed E-state index contributed by atoms with van der Waals surface area (Å²) in [6.45, 7) is 0. The highest BCUT2D eigenvalue weighted by molar-refractivity contribution is 6.52. The minimum atomic E-state index is -1.59. The summed E-state index contributed by atoms with van der Waals surface area (Å²) in [7, 11) is -1.59. The number of halogens is 1. The standard InChI is InChI=1S/C12H13BFNO3/c14-8-2-1-3-9(6-8)18-10-4-5-11(13(16)17)12(15)7-10/h1-6,10,16-17H,7,15H2. The second-order valence-electron chi connectivity index (χ2n) is 4.03. The van der Waals surface area contributed by atoms with Gasteiger partial charge in [-0.2, -0.15) is 0 Å². The third-order valence-corrected chi connectivity index (χ3v) is 2.64. The van der Waals surface area contributed by atoms with Gasteiger partial charge in [0.05, 0.1) is 0 Å². The van der Waals surface area contributed by atoms with Crippen LogP contribution in [0.2, 0.25) is 0 Å². The van der Waals surface area contributed by atoms with Gasteiger partial charge in [0, 0.05) is 23.7 Å². The molecule has 0 radical (unpaired) electrons. The normalized spacial score (nSPS) is 18.9. The topological polar surface area (TPSA) is 75.7 Å². The van der Waals surface area contributed by atoms with Gasteiger partial charge in [0.25, 0.3) is 0 Å². The van der Waals surface area contributed by atoms with E-state index in [2.05, 4.69) is 0 Å². The number of nitrogens with two attached hydrogens (primary N) is 1. The van der Waals surface area contributed by atoms with E-state index in [1.807, 2.05) is 0 Å². The van der Waals surface area contributed by atoms with E-state index >= 15 is 0 Å². The largest absolute Gasteiger partial charge is 0.490 e. The lowest BCUT2D eigenvalue weighted by atomic mass is 9.75. The molecule has 0 bridgehead atoms. The van der Waals surface area contributed by atoms with Gasteiger partial charge in [0.15, 0.2) is 0 Å². The molecular weight excluding hydrogens is 236 g/mol. The molecule has 1 aliphatic carbocycles. The lowest BCUT2D eigenvalue weighted by molar-refractivity contribution is 0.246. The van der Waals surface area contributed by atoms with Gasteiger partial charge in [-0.1, -0.05) is 12.1 Å². The third-order valence-electron chi connectivity index (χ3n) is 2.64. The SMILES string of the molecule is NC1=C(B(O)O)C=CC(Oc2cccc(F)c2)C1.